The number of hydrogen-bond acceptors (Lipinski definition) is 6. The summed E-state index contributed by atoms with van der Waals surface area (Å²) in [5, 5.41) is 13.4. The highest BCUT2D eigenvalue weighted by Crippen LogP contribution is 2.33. The second-order valence-electron chi connectivity index (χ2n) is 4.77. The highest BCUT2D eigenvalue weighted by Gasteiger charge is 2.17. The molecule has 23 heavy (non-hydrogen) atoms. The molecule has 0 aliphatic carbocycles. The maximum Gasteiger partial charge on any atom is 0.328 e. The van der Waals surface area contributed by atoms with Gasteiger partial charge in [0, 0.05) is 4.91 Å². The van der Waals surface area contributed by atoms with Crippen LogP contribution in [0.4, 0.5) is 0 Å². The zero-order valence-electron chi connectivity index (χ0n) is 12.6. The van der Waals surface area contributed by atoms with Crippen molar-refractivity contribution >= 4 is 32.5 Å². The van der Waals surface area contributed by atoms with E-state index in [0.29, 0.717) is 21.9 Å². The third kappa shape index (κ3) is 4.98. The van der Waals surface area contributed by atoms with Gasteiger partial charge in [-0.3, -0.25) is 4.28 Å². The van der Waals surface area contributed by atoms with Crippen molar-refractivity contribution in [2.45, 2.75) is 19.8 Å². The van der Waals surface area contributed by atoms with Crippen LogP contribution in [-0.4, -0.2) is 19.2 Å². The average Bonchev–Trinajstić information content (AvgIpc) is 3.02. The first-order valence-electron chi connectivity index (χ1n) is 7.11. The number of oxime groups is 1. The van der Waals surface area contributed by atoms with Gasteiger partial charge in [-0.05, 0) is 24.1 Å². The molecule has 0 N–H and O–H groups in total. The Hall–Kier alpha value is -2.04. The number of unbranched alkanes of at least 4 members (excludes halogenated alkanes) is 1. The Labute approximate surface area is 140 Å². The van der Waals surface area contributed by atoms with E-state index in [-0.39, 0.29) is 5.75 Å². The van der Waals surface area contributed by atoms with Gasteiger partial charge < -0.3 is 0 Å². The smallest absolute Gasteiger partial charge is 0.267 e. The third-order valence-corrected chi connectivity index (χ3v) is 5.07. The van der Waals surface area contributed by atoms with Gasteiger partial charge in [0.25, 0.3) is 0 Å². The molecule has 1 aliphatic heterocycles. The first-order chi connectivity index (χ1) is 11.1. The molecule has 0 unspecified atom stereocenters. The molecule has 7 heteroatoms. The van der Waals surface area contributed by atoms with Crippen molar-refractivity contribution in [1.82, 2.24) is 0 Å². The molecule has 0 radical (unpaired) electrons. The Morgan fingerprint density at radius 2 is 2.04 bits per heavy atom. The summed E-state index contributed by atoms with van der Waals surface area (Å²) < 4.78 is 27.9. The standard InChI is InChI=1S/C16H16N2O3S2/c1-2-3-11-23(19,20)21-18-16-10-9-15(22-16)14(12-17)13-7-5-4-6-8-13/h4-10H,2-3,11H2,1H3/b15-14+,18-16?. The van der Waals surface area contributed by atoms with E-state index in [1.165, 1.54) is 11.8 Å². The first kappa shape index (κ1) is 17.3. The van der Waals surface area contributed by atoms with Gasteiger partial charge in [0.15, 0.2) is 0 Å². The molecule has 0 saturated heterocycles. The Balaban J connectivity index is 2.12. The summed E-state index contributed by atoms with van der Waals surface area (Å²) >= 11 is 1.21. The van der Waals surface area contributed by atoms with Gasteiger partial charge in [0.2, 0.25) is 0 Å². The van der Waals surface area contributed by atoms with Crippen LogP contribution in [0.25, 0.3) is 5.57 Å². The van der Waals surface area contributed by atoms with E-state index in [9.17, 15) is 13.7 Å². The van der Waals surface area contributed by atoms with Gasteiger partial charge in [-0.25, -0.2) is 0 Å². The lowest BCUT2D eigenvalue weighted by Crippen LogP contribution is -2.07. The fourth-order valence-electron chi connectivity index (χ4n) is 1.83. The van der Waals surface area contributed by atoms with Gasteiger partial charge in [-0.2, -0.15) is 13.7 Å². The fraction of sp³-hybridized carbons (Fsp3) is 0.250. The highest BCUT2D eigenvalue weighted by molar-refractivity contribution is 8.18. The number of nitriles is 1. The summed E-state index contributed by atoms with van der Waals surface area (Å²) in [6, 6.07) is 11.5. The largest absolute Gasteiger partial charge is 0.328 e. The number of nitrogens with zero attached hydrogens (tertiary/aromatic N) is 2. The minimum absolute atomic E-state index is 0.0508. The van der Waals surface area contributed by atoms with E-state index in [1.54, 1.807) is 12.2 Å². The number of hydrogen-bond donors (Lipinski definition) is 0. The van der Waals surface area contributed by atoms with Crippen molar-refractivity contribution in [2.75, 3.05) is 5.75 Å². The zero-order chi connectivity index (χ0) is 16.7. The summed E-state index contributed by atoms with van der Waals surface area (Å²) in [7, 11) is -3.64. The quantitative estimate of drug-likeness (QED) is 0.579. The predicted octanol–water partition coefficient (Wildman–Crippen LogP) is 3.68. The topological polar surface area (TPSA) is 79.5 Å². The van der Waals surface area contributed by atoms with Crippen molar-refractivity contribution in [3.8, 4) is 6.07 Å². The second kappa shape index (κ2) is 7.99. The number of thioether (sulfide) groups is 1. The maximum atomic E-state index is 11.6. The molecule has 0 spiro atoms. The highest BCUT2D eigenvalue weighted by atomic mass is 32.2. The van der Waals surface area contributed by atoms with Gasteiger partial charge in [-0.1, -0.05) is 60.6 Å². The maximum absolute atomic E-state index is 11.6. The summed E-state index contributed by atoms with van der Waals surface area (Å²) in [5.41, 5.74) is 1.32. The average molecular weight is 348 g/mol. The molecule has 120 valence electrons. The summed E-state index contributed by atoms with van der Waals surface area (Å²) in [5.74, 6) is -0.0508. The Bertz CT molecular complexity index is 788. The fourth-order valence-corrected chi connectivity index (χ4v) is 3.63. The van der Waals surface area contributed by atoms with E-state index < -0.39 is 10.1 Å². The minimum Gasteiger partial charge on any atom is -0.267 e. The molecular formula is C16H16N2O3S2. The van der Waals surface area contributed by atoms with Gasteiger partial charge in [0.1, 0.15) is 11.1 Å². The Morgan fingerprint density at radius 3 is 2.70 bits per heavy atom. The zero-order valence-corrected chi connectivity index (χ0v) is 14.2. The van der Waals surface area contributed by atoms with Gasteiger partial charge >= 0.3 is 10.1 Å². The minimum atomic E-state index is -3.64. The lowest BCUT2D eigenvalue weighted by atomic mass is 10.1. The molecule has 5 nitrogen and oxygen atoms in total. The Kier molecular flexibility index (Phi) is 6.02. The van der Waals surface area contributed by atoms with Crippen molar-refractivity contribution in [2.24, 2.45) is 5.16 Å². The number of rotatable bonds is 6. The van der Waals surface area contributed by atoms with Crippen LogP contribution in [0.15, 0.2) is 52.5 Å². The number of allylic oxidation sites excluding steroid dienone is 2. The molecule has 1 aromatic rings. The van der Waals surface area contributed by atoms with E-state index in [1.807, 2.05) is 37.3 Å². The molecule has 0 aromatic heterocycles. The van der Waals surface area contributed by atoms with Crippen LogP contribution in [0.1, 0.15) is 25.3 Å². The molecule has 0 saturated carbocycles. The van der Waals surface area contributed by atoms with Crippen molar-refractivity contribution < 1.29 is 12.7 Å². The molecule has 1 aliphatic rings. The SMILES string of the molecule is CCCCS(=O)(=O)ON=C1C=C/C(=C(/C#N)c2ccccc2)S1. The molecule has 0 fully saturated rings. The first-order valence-corrected chi connectivity index (χ1v) is 9.50. The van der Waals surface area contributed by atoms with Gasteiger partial charge in [-0.15, -0.1) is 0 Å². The molecule has 0 amide bonds. The summed E-state index contributed by atoms with van der Waals surface area (Å²) in [6.07, 6.45) is 4.67. The number of benzene rings is 1. The summed E-state index contributed by atoms with van der Waals surface area (Å²) in [6.45, 7) is 1.90. The van der Waals surface area contributed by atoms with E-state index in [0.717, 1.165) is 12.0 Å². The second-order valence-corrected chi connectivity index (χ2v) is 7.51. The molecule has 2 rings (SSSR count). The van der Waals surface area contributed by atoms with Crippen LogP contribution in [0.5, 0.6) is 0 Å². The van der Waals surface area contributed by atoms with E-state index in [2.05, 4.69) is 15.5 Å². The van der Waals surface area contributed by atoms with Crippen molar-refractivity contribution in [3.05, 3.63) is 53.0 Å². The van der Waals surface area contributed by atoms with Crippen molar-refractivity contribution in [1.29, 1.82) is 5.26 Å². The van der Waals surface area contributed by atoms with Crippen LogP contribution in [0.2, 0.25) is 0 Å². The van der Waals surface area contributed by atoms with Gasteiger partial charge in [0.05, 0.1) is 11.3 Å². The lowest BCUT2D eigenvalue weighted by Gasteiger charge is -2.02. The predicted molar refractivity (Wildman–Crippen MR) is 92.9 cm³/mol. The monoisotopic (exact) mass is 348 g/mol. The van der Waals surface area contributed by atoms with Crippen LogP contribution in [0.3, 0.4) is 0 Å². The Morgan fingerprint density at radius 1 is 1.30 bits per heavy atom. The lowest BCUT2D eigenvalue weighted by molar-refractivity contribution is 0.340. The third-order valence-electron chi connectivity index (χ3n) is 3.00. The van der Waals surface area contributed by atoms with E-state index >= 15 is 0 Å². The molecule has 1 aromatic carbocycles. The molecule has 1 heterocycles. The molecule has 0 atom stereocenters. The molecule has 0 bridgehead atoms. The van der Waals surface area contributed by atoms with Crippen LogP contribution in [-0.2, 0) is 14.4 Å². The summed E-state index contributed by atoms with van der Waals surface area (Å²) in [4.78, 5) is 0.715. The normalized spacial score (nSPS) is 18.0. The van der Waals surface area contributed by atoms with Crippen LogP contribution < -0.4 is 0 Å². The van der Waals surface area contributed by atoms with Crippen LogP contribution in [0, 0.1) is 11.3 Å². The van der Waals surface area contributed by atoms with Crippen molar-refractivity contribution in [3.63, 3.8) is 0 Å². The molecular weight excluding hydrogens is 332 g/mol. The van der Waals surface area contributed by atoms with E-state index in [4.69, 9.17) is 0 Å². The van der Waals surface area contributed by atoms with Crippen LogP contribution >= 0.6 is 11.8 Å².